The number of methoxy groups -OCH3 is 1. The Morgan fingerprint density at radius 2 is 1.88 bits per heavy atom. The third kappa shape index (κ3) is 3.99. The van der Waals surface area contributed by atoms with Gasteiger partial charge in [0.15, 0.2) is 8.32 Å². The average Bonchev–Trinajstić information content (AvgIpc) is 2.54. The van der Waals surface area contributed by atoms with Crippen molar-refractivity contribution in [3.63, 3.8) is 0 Å². The van der Waals surface area contributed by atoms with Crippen LogP contribution in [0.2, 0.25) is 18.1 Å². The van der Waals surface area contributed by atoms with Crippen LogP contribution in [-0.2, 0) is 9.16 Å². The van der Waals surface area contributed by atoms with Gasteiger partial charge >= 0.3 is 0 Å². The molecule has 0 N–H and O–H groups in total. The maximum absolute atomic E-state index is 6.59. The molecule has 0 aromatic heterocycles. The quantitative estimate of drug-likeness (QED) is 0.537. The molecule has 0 aliphatic carbocycles. The van der Waals surface area contributed by atoms with E-state index < -0.39 is 13.9 Å². The zero-order valence-electron chi connectivity index (χ0n) is 15.8. The summed E-state index contributed by atoms with van der Waals surface area (Å²) in [7, 11) is -0.249. The molecule has 0 saturated carbocycles. The van der Waals surface area contributed by atoms with Crippen LogP contribution in [0.15, 0.2) is 49.1 Å². The Morgan fingerprint density at radius 3 is 2.29 bits per heavy atom. The third-order valence-corrected chi connectivity index (χ3v) is 9.59. The molecule has 0 saturated heterocycles. The highest BCUT2D eigenvalue weighted by molar-refractivity contribution is 6.74. The van der Waals surface area contributed by atoms with E-state index in [2.05, 4.69) is 52.6 Å². The molecule has 0 bridgehead atoms. The van der Waals surface area contributed by atoms with Crippen LogP contribution in [0, 0.1) is 0 Å². The van der Waals surface area contributed by atoms with Crippen molar-refractivity contribution in [1.29, 1.82) is 0 Å². The molecule has 2 rings (SSSR count). The highest BCUT2D eigenvalue weighted by Crippen LogP contribution is 2.41. The largest absolute Gasteiger partial charge is 0.497 e. The summed E-state index contributed by atoms with van der Waals surface area (Å²) in [6.45, 7) is 15.7. The van der Waals surface area contributed by atoms with Crippen LogP contribution in [0.3, 0.4) is 0 Å². The van der Waals surface area contributed by atoms with E-state index in [4.69, 9.17) is 13.9 Å². The van der Waals surface area contributed by atoms with E-state index in [1.165, 1.54) is 0 Å². The molecule has 2 atom stereocenters. The van der Waals surface area contributed by atoms with Crippen molar-refractivity contribution < 1.29 is 13.9 Å². The van der Waals surface area contributed by atoms with Crippen LogP contribution in [-0.4, -0.2) is 27.6 Å². The number of hydrogen-bond donors (Lipinski definition) is 0. The lowest BCUT2D eigenvalue weighted by Crippen LogP contribution is -2.51. The zero-order chi connectivity index (χ0) is 18.0. The molecule has 1 aliphatic heterocycles. The Hall–Kier alpha value is -1.36. The van der Waals surface area contributed by atoms with E-state index in [-0.39, 0.29) is 11.1 Å². The van der Waals surface area contributed by atoms with Crippen molar-refractivity contribution in [2.75, 3.05) is 13.7 Å². The lowest BCUT2D eigenvalue weighted by Gasteiger charge is -2.44. The number of rotatable bonds is 5. The van der Waals surface area contributed by atoms with Gasteiger partial charge in [0, 0.05) is 0 Å². The van der Waals surface area contributed by atoms with E-state index in [9.17, 15) is 0 Å². The summed E-state index contributed by atoms with van der Waals surface area (Å²) in [6.07, 6.45) is 5.99. The van der Waals surface area contributed by atoms with Gasteiger partial charge in [-0.2, -0.15) is 0 Å². The highest BCUT2D eigenvalue weighted by atomic mass is 28.4. The second-order valence-electron chi connectivity index (χ2n) is 7.89. The summed E-state index contributed by atoms with van der Waals surface area (Å²) in [5, 5.41) is 0.143. The molecule has 1 aliphatic rings. The molecule has 132 valence electrons. The number of hydrogen-bond acceptors (Lipinski definition) is 3. The molecule has 4 heteroatoms. The van der Waals surface area contributed by atoms with Gasteiger partial charge in [0.1, 0.15) is 17.5 Å². The molecular weight excluding hydrogens is 316 g/mol. The van der Waals surface area contributed by atoms with Crippen LogP contribution < -0.4 is 4.74 Å². The van der Waals surface area contributed by atoms with Gasteiger partial charge < -0.3 is 13.9 Å². The summed E-state index contributed by atoms with van der Waals surface area (Å²) in [5.74, 6) is 0.847. The monoisotopic (exact) mass is 346 g/mol. The van der Waals surface area contributed by atoms with Gasteiger partial charge in [-0.1, -0.05) is 51.6 Å². The summed E-state index contributed by atoms with van der Waals surface area (Å²) in [6, 6.07) is 7.97. The highest BCUT2D eigenvalue weighted by Gasteiger charge is 2.44. The third-order valence-electron chi connectivity index (χ3n) is 5.08. The summed E-state index contributed by atoms with van der Waals surface area (Å²) < 4.78 is 17.9. The number of ether oxygens (including phenoxy) is 2. The Balaban J connectivity index is 2.17. The summed E-state index contributed by atoms with van der Waals surface area (Å²) >= 11 is 0. The maximum atomic E-state index is 6.59. The summed E-state index contributed by atoms with van der Waals surface area (Å²) in [4.78, 5) is 0. The Labute approximate surface area is 147 Å². The van der Waals surface area contributed by atoms with Gasteiger partial charge in [-0.05, 0) is 41.9 Å². The van der Waals surface area contributed by atoms with Crippen LogP contribution in [0.25, 0.3) is 0 Å². The van der Waals surface area contributed by atoms with Crippen molar-refractivity contribution in [2.24, 2.45) is 0 Å². The van der Waals surface area contributed by atoms with Gasteiger partial charge in [0.2, 0.25) is 0 Å². The lowest BCUT2D eigenvalue weighted by molar-refractivity contribution is -0.0156. The van der Waals surface area contributed by atoms with Crippen molar-refractivity contribution in [2.45, 2.75) is 50.6 Å². The topological polar surface area (TPSA) is 27.7 Å². The fourth-order valence-electron chi connectivity index (χ4n) is 2.44. The van der Waals surface area contributed by atoms with E-state index in [0.717, 1.165) is 11.3 Å². The van der Waals surface area contributed by atoms with E-state index in [0.29, 0.717) is 6.61 Å². The van der Waals surface area contributed by atoms with Gasteiger partial charge in [-0.25, -0.2) is 0 Å². The molecule has 0 unspecified atom stereocenters. The predicted molar refractivity (Wildman–Crippen MR) is 102 cm³/mol. The van der Waals surface area contributed by atoms with Gasteiger partial charge in [-0.15, -0.1) is 0 Å². The molecule has 1 aromatic rings. The minimum atomic E-state index is -1.92. The zero-order valence-corrected chi connectivity index (χ0v) is 16.8. The first-order chi connectivity index (χ1) is 11.1. The minimum Gasteiger partial charge on any atom is -0.497 e. The van der Waals surface area contributed by atoms with Crippen LogP contribution in [0.5, 0.6) is 5.75 Å². The maximum Gasteiger partial charge on any atom is 0.193 e. The van der Waals surface area contributed by atoms with Crippen molar-refractivity contribution >= 4 is 8.32 Å². The lowest BCUT2D eigenvalue weighted by atomic mass is 9.99. The fraction of sp³-hybridized carbons (Fsp3) is 0.500. The van der Waals surface area contributed by atoms with Crippen LogP contribution >= 0.6 is 0 Å². The van der Waals surface area contributed by atoms with Crippen molar-refractivity contribution in [1.82, 2.24) is 0 Å². The Bertz CT molecular complexity index is 598. The predicted octanol–water partition coefficient (Wildman–Crippen LogP) is 5.27. The SMILES string of the molecule is C=C[C@@]1(O[Si](C)(C)C(C)(C)C)C=C[C@@H](c2ccc(OC)cc2)OC1. The molecular formula is C20H30O3Si. The standard InChI is InChI=1S/C20H30O3Si/c1-8-20(23-24(6,7)19(2,3)4)14-13-18(22-15-20)16-9-11-17(21-5)12-10-16/h8-14,18H,1,15H2,2-7H3/t18-,20+/m0/s1. The molecule has 24 heavy (non-hydrogen) atoms. The first kappa shape index (κ1) is 19.0. The molecule has 1 aromatic carbocycles. The van der Waals surface area contributed by atoms with Gasteiger partial charge in [0.25, 0.3) is 0 Å². The molecule has 1 heterocycles. The summed E-state index contributed by atoms with van der Waals surface area (Å²) in [5.41, 5.74) is 0.573. The second kappa shape index (κ2) is 6.87. The Kier molecular flexibility index (Phi) is 5.43. The van der Waals surface area contributed by atoms with Crippen LogP contribution in [0.1, 0.15) is 32.4 Å². The molecule has 0 fully saturated rings. The first-order valence-electron chi connectivity index (χ1n) is 8.41. The molecule has 3 nitrogen and oxygen atoms in total. The second-order valence-corrected chi connectivity index (χ2v) is 12.6. The van der Waals surface area contributed by atoms with Gasteiger partial charge in [0.05, 0.1) is 13.7 Å². The van der Waals surface area contributed by atoms with Crippen LogP contribution in [0.4, 0.5) is 0 Å². The molecule has 0 spiro atoms. The average molecular weight is 347 g/mol. The van der Waals surface area contributed by atoms with Gasteiger partial charge in [-0.3, -0.25) is 0 Å². The normalized spacial score (nSPS) is 24.7. The minimum absolute atomic E-state index is 0.0630. The fourth-order valence-corrected chi connectivity index (χ4v) is 3.90. The smallest absolute Gasteiger partial charge is 0.193 e. The van der Waals surface area contributed by atoms with E-state index >= 15 is 0 Å². The molecule has 0 radical (unpaired) electrons. The van der Waals surface area contributed by atoms with E-state index in [1.807, 2.05) is 30.3 Å². The number of benzene rings is 1. The van der Waals surface area contributed by atoms with Crippen molar-refractivity contribution in [3.8, 4) is 5.75 Å². The van der Waals surface area contributed by atoms with E-state index in [1.54, 1.807) is 7.11 Å². The first-order valence-corrected chi connectivity index (χ1v) is 11.3. The van der Waals surface area contributed by atoms with Crippen molar-refractivity contribution in [3.05, 3.63) is 54.6 Å². The molecule has 0 amide bonds. The Morgan fingerprint density at radius 1 is 1.25 bits per heavy atom.